The second-order valence-electron chi connectivity index (χ2n) is 5.35. The summed E-state index contributed by atoms with van der Waals surface area (Å²) in [6.45, 7) is 0. The average Bonchev–Trinajstić information content (AvgIpc) is 2.57. The predicted octanol–water partition coefficient (Wildman–Crippen LogP) is 3.39. The number of phenols is 6. The molecule has 7 nitrogen and oxygen atoms in total. The number of nitrogens with zero attached hydrogens (tertiary/aromatic N) is 1. The van der Waals surface area contributed by atoms with Crippen molar-refractivity contribution in [2.75, 3.05) is 4.90 Å². The van der Waals surface area contributed by atoms with Gasteiger partial charge in [0.1, 0.15) is 0 Å². The van der Waals surface area contributed by atoms with Gasteiger partial charge in [-0.1, -0.05) is 0 Å². The minimum absolute atomic E-state index is 0.300. The third kappa shape index (κ3) is 3.02. The standard InChI is InChI=1S/C18H15NO6/c20-13-4-1-10(7-16(13)23)19(11-2-5-14(21)17(24)8-11)12-3-6-15(22)18(25)9-12/h1-9,20-25H. The SMILES string of the molecule is Oc1ccc(N(c2ccc(O)c(O)c2)c2ccc(O)c(O)c2)cc1O. The van der Waals surface area contributed by atoms with Gasteiger partial charge in [0, 0.05) is 18.2 Å². The molecule has 0 atom stereocenters. The monoisotopic (exact) mass is 341 g/mol. The Labute approximate surface area is 142 Å². The quantitative estimate of drug-likeness (QED) is 0.403. The number of aromatic hydroxyl groups is 6. The van der Waals surface area contributed by atoms with Gasteiger partial charge in [-0.2, -0.15) is 0 Å². The lowest BCUT2D eigenvalue weighted by atomic mass is 10.1. The first kappa shape index (κ1) is 16.1. The molecule has 0 amide bonds. The van der Waals surface area contributed by atoms with Crippen LogP contribution in [0.5, 0.6) is 34.5 Å². The van der Waals surface area contributed by atoms with Crippen molar-refractivity contribution in [3.05, 3.63) is 54.6 Å². The molecule has 3 aromatic rings. The summed E-state index contributed by atoms with van der Waals surface area (Å²) < 4.78 is 0. The number of anilines is 3. The molecule has 0 radical (unpaired) electrons. The van der Waals surface area contributed by atoms with E-state index in [1.54, 1.807) is 0 Å². The summed E-state index contributed by atoms with van der Waals surface area (Å²) in [5, 5.41) is 57.9. The molecule has 25 heavy (non-hydrogen) atoms. The van der Waals surface area contributed by atoms with Gasteiger partial charge in [0.05, 0.1) is 17.1 Å². The Kier molecular flexibility index (Phi) is 3.90. The predicted molar refractivity (Wildman–Crippen MR) is 91.1 cm³/mol. The van der Waals surface area contributed by atoms with E-state index in [-0.39, 0.29) is 34.5 Å². The van der Waals surface area contributed by atoms with E-state index in [1.807, 2.05) is 0 Å². The summed E-state index contributed by atoms with van der Waals surface area (Å²) in [5.41, 5.74) is 1.22. The van der Waals surface area contributed by atoms with Crippen LogP contribution < -0.4 is 4.90 Å². The minimum Gasteiger partial charge on any atom is -0.504 e. The molecule has 0 aliphatic heterocycles. The van der Waals surface area contributed by atoms with Crippen LogP contribution >= 0.6 is 0 Å². The Balaban J connectivity index is 2.21. The second kappa shape index (κ2) is 6.04. The van der Waals surface area contributed by atoms with Crippen molar-refractivity contribution in [2.24, 2.45) is 0 Å². The smallest absolute Gasteiger partial charge is 0.159 e. The summed E-state index contributed by atoms with van der Waals surface area (Å²) in [6.07, 6.45) is 0. The lowest BCUT2D eigenvalue weighted by molar-refractivity contribution is 0.403. The summed E-state index contributed by atoms with van der Waals surface area (Å²) in [6, 6.07) is 12.3. The van der Waals surface area contributed by atoms with E-state index in [2.05, 4.69) is 0 Å². The van der Waals surface area contributed by atoms with E-state index in [9.17, 15) is 30.6 Å². The molecule has 0 aliphatic carbocycles. The number of benzene rings is 3. The van der Waals surface area contributed by atoms with Gasteiger partial charge >= 0.3 is 0 Å². The molecule has 128 valence electrons. The zero-order valence-electron chi connectivity index (χ0n) is 12.8. The highest BCUT2D eigenvalue weighted by Crippen LogP contribution is 2.42. The highest BCUT2D eigenvalue weighted by molar-refractivity contribution is 5.79. The van der Waals surface area contributed by atoms with Crippen molar-refractivity contribution in [1.82, 2.24) is 0 Å². The van der Waals surface area contributed by atoms with Crippen LogP contribution in [-0.4, -0.2) is 30.6 Å². The number of hydrogen-bond donors (Lipinski definition) is 6. The molecule has 0 aliphatic rings. The van der Waals surface area contributed by atoms with Gasteiger partial charge in [0.25, 0.3) is 0 Å². The lowest BCUT2D eigenvalue weighted by Crippen LogP contribution is -2.09. The fraction of sp³-hybridized carbons (Fsp3) is 0. The topological polar surface area (TPSA) is 125 Å². The van der Waals surface area contributed by atoms with Gasteiger partial charge in [0.2, 0.25) is 0 Å². The van der Waals surface area contributed by atoms with Crippen LogP contribution in [0.15, 0.2) is 54.6 Å². The molecular formula is C18H15NO6. The van der Waals surface area contributed by atoms with Gasteiger partial charge in [-0.25, -0.2) is 0 Å². The van der Waals surface area contributed by atoms with Crippen LogP contribution in [0, 0.1) is 0 Å². The summed E-state index contributed by atoms with van der Waals surface area (Å²) in [4.78, 5) is 1.54. The van der Waals surface area contributed by atoms with Crippen molar-refractivity contribution in [1.29, 1.82) is 0 Å². The zero-order valence-corrected chi connectivity index (χ0v) is 12.8. The Morgan fingerprint density at radius 3 is 0.920 bits per heavy atom. The van der Waals surface area contributed by atoms with Crippen molar-refractivity contribution < 1.29 is 30.6 Å². The number of rotatable bonds is 3. The van der Waals surface area contributed by atoms with Crippen LogP contribution in [0.4, 0.5) is 17.1 Å². The summed E-state index contributed by atoms with van der Waals surface area (Å²) in [7, 11) is 0. The Morgan fingerprint density at radius 1 is 0.400 bits per heavy atom. The Bertz CT molecular complexity index is 818. The third-order valence-corrected chi connectivity index (χ3v) is 3.65. The molecule has 7 heteroatoms. The first-order chi connectivity index (χ1) is 11.9. The fourth-order valence-corrected chi connectivity index (χ4v) is 2.40. The van der Waals surface area contributed by atoms with E-state index in [0.29, 0.717) is 17.1 Å². The van der Waals surface area contributed by atoms with Gasteiger partial charge in [-0.15, -0.1) is 0 Å². The van der Waals surface area contributed by atoms with Gasteiger partial charge in [-0.3, -0.25) is 0 Å². The second-order valence-corrected chi connectivity index (χ2v) is 5.35. The average molecular weight is 341 g/mol. The van der Waals surface area contributed by atoms with Gasteiger partial charge in [-0.05, 0) is 36.4 Å². The molecule has 0 fully saturated rings. The van der Waals surface area contributed by atoms with E-state index in [4.69, 9.17) is 0 Å². The Hall–Kier alpha value is -3.74. The van der Waals surface area contributed by atoms with Crippen molar-refractivity contribution in [3.8, 4) is 34.5 Å². The van der Waals surface area contributed by atoms with Crippen LogP contribution in [0.1, 0.15) is 0 Å². The molecular weight excluding hydrogens is 326 g/mol. The maximum absolute atomic E-state index is 9.78. The maximum Gasteiger partial charge on any atom is 0.159 e. The molecule has 3 aromatic carbocycles. The molecule has 0 bridgehead atoms. The molecule has 6 N–H and O–H groups in total. The van der Waals surface area contributed by atoms with Crippen LogP contribution in [0.2, 0.25) is 0 Å². The molecule has 0 aromatic heterocycles. The third-order valence-electron chi connectivity index (χ3n) is 3.65. The number of hydrogen-bond acceptors (Lipinski definition) is 7. The molecule has 3 rings (SSSR count). The van der Waals surface area contributed by atoms with E-state index < -0.39 is 0 Å². The highest BCUT2D eigenvalue weighted by atomic mass is 16.3. The molecule has 0 spiro atoms. The summed E-state index contributed by atoms with van der Waals surface area (Å²) in [5.74, 6) is -1.96. The highest BCUT2D eigenvalue weighted by Gasteiger charge is 2.17. The van der Waals surface area contributed by atoms with E-state index in [0.717, 1.165) is 0 Å². The first-order valence-electron chi connectivity index (χ1n) is 7.23. The summed E-state index contributed by atoms with van der Waals surface area (Å²) >= 11 is 0. The zero-order chi connectivity index (χ0) is 18.1. The maximum atomic E-state index is 9.78. The van der Waals surface area contributed by atoms with Crippen LogP contribution in [0.25, 0.3) is 0 Å². The molecule has 0 unspecified atom stereocenters. The van der Waals surface area contributed by atoms with Crippen molar-refractivity contribution in [2.45, 2.75) is 0 Å². The molecule has 0 saturated heterocycles. The van der Waals surface area contributed by atoms with Crippen LogP contribution in [0.3, 0.4) is 0 Å². The van der Waals surface area contributed by atoms with Crippen LogP contribution in [-0.2, 0) is 0 Å². The van der Waals surface area contributed by atoms with E-state index >= 15 is 0 Å². The van der Waals surface area contributed by atoms with Crippen molar-refractivity contribution in [3.63, 3.8) is 0 Å². The van der Waals surface area contributed by atoms with Crippen molar-refractivity contribution >= 4 is 17.1 Å². The van der Waals surface area contributed by atoms with Gasteiger partial charge in [0.15, 0.2) is 34.5 Å². The fourth-order valence-electron chi connectivity index (χ4n) is 2.40. The molecule has 0 saturated carbocycles. The van der Waals surface area contributed by atoms with E-state index in [1.165, 1.54) is 59.5 Å². The Morgan fingerprint density at radius 2 is 0.680 bits per heavy atom. The van der Waals surface area contributed by atoms with Gasteiger partial charge < -0.3 is 35.5 Å². The largest absolute Gasteiger partial charge is 0.504 e. The lowest BCUT2D eigenvalue weighted by Gasteiger charge is -2.26. The normalized spacial score (nSPS) is 10.6. The molecule has 0 heterocycles. The number of phenolic OH excluding ortho intramolecular Hbond substituents is 6. The first-order valence-corrected chi connectivity index (χ1v) is 7.23. The minimum atomic E-state index is -0.353.